The van der Waals surface area contributed by atoms with Gasteiger partial charge in [0.1, 0.15) is 0 Å². The lowest BCUT2D eigenvalue weighted by atomic mass is 10.1. The van der Waals surface area contributed by atoms with E-state index in [-0.39, 0.29) is 6.42 Å². The van der Waals surface area contributed by atoms with Gasteiger partial charge in [-0.1, -0.05) is 22.0 Å². The third kappa shape index (κ3) is 1.65. The zero-order valence-corrected chi connectivity index (χ0v) is 7.04. The molecule has 0 amide bonds. The van der Waals surface area contributed by atoms with Crippen LogP contribution < -0.4 is 0 Å². The van der Waals surface area contributed by atoms with Crippen molar-refractivity contribution in [1.29, 1.82) is 0 Å². The highest BCUT2D eigenvalue weighted by molar-refractivity contribution is 9.11. The lowest BCUT2D eigenvalue weighted by Crippen LogP contribution is -2.31. The van der Waals surface area contributed by atoms with E-state index in [9.17, 15) is 14.5 Å². The molecular weight excluding hydrogens is 217 g/mol. The molecule has 5 heteroatoms. The van der Waals surface area contributed by atoms with Gasteiger partial charge in [-0.2, -0.15) is 4.39 Å². The van der Waals surface area contributed by atoms with Crippen LogP contribution in [-0.4, -0.2) is 10.7 Å². The molecule has 1 atom stereocenters. The van der Waals surface area contributed by atoms with Crippen molar-refractivity contribution in [2.24, 2.45) is 0 Å². The molecular formula is C6H5BrFNO2. The summed E-state index contributed by atoms with van der Waals surface area (Å²) in [6.45, 7) is 0. The number of nitrogens with zero attached hydrogens (tertiary/aromatic N) is 1. The molecule has 0 spiro atoms. The summed E-state index contributed by atoms with van der Waals surface area (Å²) in [6.07, 6.45) is 3.50. The average Bonchev–Trinajstić information content (AvgIpc) is 1.95. The van der Waals surface area contributed by atoms with Gasteiger partial charge in [-0.15, -0.1) is 0 Å². The maximum atomic E-state index is 13.0. The third-order valence-electron chi connectivity index (χ3n) is 1.38. The van der Waals surface area contributed by atoms with E-state index in [0.29, 0.717) is 4.48 Å². The van der Waals surface area contributed by atoms with Crippen LogP contribution in [0.4, 0.5) is 4.39 Å². The van der Waals surface area contributed by atoms with Crippen LogP contribution in [-0.2, 0) is 0 Å². The molecule has 60 valence electrons. The summed E-state index contributed by atoms with van der Waals surface area (Å²) < 4.78 is 13.7. The molecule has 0 aromatic heterocycles. The van der Waals surface area contributed by atoms with Gasteiger partial charge in [0.25, 0.3) is 0 Å². The van der Waals surface area contributed by atoms with Crippen molar-refractivity contribution >= 4 is 15.9 Å². The monoisotopic (exact) mass is 221 g/mol. The van der Waals surface area contributed by atoms with Crippen LogP contribution in [0.25, 0.3) is 0 Å². The Labute approximate surface area is 70.9 Å². The van der Waals surface area contributed by atoms with Crippen LogP contribution in [0, 0.1) is 10.1 Å². The average molecular weight is 222 g/mol. The molecule has 0 fully saturated rings. The van der Waals surface area contributed by atoms with Crippen molar-refractivity contribution in [2.75, 3.05) is 0 Å². The highest BCUT2D eigenvalue weighted by Gasteiger charge is 2.40. The van der Waals surface area contributed by atoms with Crippen molar-refractivity contribution in [3.63, 3.8) is 0 Å². The van der Waals surface area contributed by atoms with E-state index >= 15 is 0 Å². The summed E-state index contributed by atoms with van der Waals surface area (Å²) in [6, 6.07) is 0. The zero-order chi connectivity index (χ0) is 8.48. The van der Waals surface area contributed by atoms with E-state index in [4.69, 9.17) is 0 Å². The first-order valence-corrected chi connectivity index (χ1v) is 3.72. The molecule has 0 aromatic carbocycles. The van der Waals surface area contributed by atoms with Gasteiger partial charge in [0.2, 0.25) is 0 Å². The van der Waals surface area contributed by atoms with Gasteiger partial charge in [-0.3, -0.25) is 10.1 Å². The molecule has 0 saturated carbocycles. The Kier molecular flexibility index (Phi) is 2.08. The van der Waals surface area contributed by atoms with Gasteiger partial charge in [0, 0.05) is 10.6 Å². The molecule has 0 N–H and O–H groups in total. The molecule has 0 saturated heterocycles. The van der Waals surface area contributed by atoms with E-state index in [1.807, 2.05) is 0 Å². The summed E-state index contributed by atoms with van der Waals surface area (Å²) in [4.78, 5) is 9.19. The fourth-order valence-electron chi connectivity index (χ4n) is 0.719. The normalized spacial score (nSPS) is 29.8. The standard InChI is InChI=1S/C6H5BrFNO2/c7-5-1-3-6(8,4-2-5)9(10)11/h1-3H,4H2. The van der Waals surface area contributed by atoms with Crippen molar-refractivity contribution in [1.82, 2.24) is 0 Å². The second-order valence-corrected chi connectivity index (χ2v) is 3.12. The minimum atomic E-state index is -2.41. The molecule has 3 nitrogen and oxygen atoms in total. The van der Waals surface area contributed by atoms with Gasteiger partial charge in [-0.25, -0.2) is 0 Å². The third-order valence-corrected chi connectivity index (χ3v) is 1.97. The van der Waals surface area contributed by atoms with Crippen LogP contribution in [0.3, 0.4) is 0 Å². The first-order chi connectivity index (χ1) is 5.04. The lowest BCUT2D eigenvalue weighted by molar-refractivity contribution is -0.588. The Bertz CT molecular complexity index is 251. The molecule has 1 rings (SSSR count). The maximum Gasteiger partial charge on any atom is 0.381 e. The smallest absolute Gasteiger partial charge is 0.261 e. The minimum Gasteiger partial charge on any atom is -0.261 e. The maximum absolute atomic E-state index is 13.0. The Morgan fingerprint density at radius 3 is 2.82 bits per heavy atom. The Morgan fingerprint density at radius 1 is 1.82 bits per heavy atom. The number of alkyl halides is 1. The van der Waals surface area contributed by atoms with Gasteiger partial charge in [0.15, 0.2) is 0 Å². The largest absolute Gasteiger partial charge is 0.381 e. The second-order valence-electron chi connectivity index (χ2n) is 2.20. The van der Waals surface area contributed by atoms with Crippen molar-refractivity contribution in [3.8, 4) is 0 Å². The Balaban J connectivity index is 2.82. The summed E-state index contributed by atoms with van der Waals surface area (Å²) in [5.74, 6) is -2.41. The number of hydrogen-bond acceptors (Lipinski definition) is 2. The molecule has 1 aliphatic carbocycles. The second kappa shape index (κ2) is 2.73. The van der Waals surface area contributed by atoms with Crippen LogP contribution in [0.15, 0.2) is 22.7 Å². The highest BCUT2D eigenvalue weighted by Crippen LogP contribution is 2.27. The number of rotatable bonds is 1. The predicted molar refractivity (Wildman–Crippen MR) is 41.6 cm³/mol. The fraction of sp³-hybridized carbons (Fsp3) is 0.333. The summed E-state index contributed by atoms with van der Waals surface area (Å²) in [7, 11) is 0. The predicted octanol–water partition coefficient (Wildman–Crippen LogP) is 2.17. The summed E-state index contributed by atoms with van der Waals surface area (Å²) >= 11 is 3.07. The first-order valence-electron chi connectivity index (χ1n) is 2.93. The first kappa shape index (κ1) is 8.39. The van der Waals surface area contributed by atoms with E-state index in [0.717, 1.165) is 6.08 Å². The molecule has 1 aliphatic rings. The minimum absolute atomic E-state index is 0.211. The Hall–Kier alpha value is -0.710. The molecule has 11 heavy (non-hydrogen) atoms. The van der Waals surface area contributed by atoms with Gasteiger partial charge < -0.3 is 0 Å². The molecule has 0 aromatic rings. The Morgan fingerprint density at radius 2 is 2.45 bits per heavy atom. The topological polar surface area (TPSA) is 43.1 Å². The molecule has 0 bridgehead atoms. The van der Waals surface area contributed by atoms with E-state index < -0.39 is 10.7 Å². The van der Waals surface area contributed by atoms with Crippen molar-refractivity contribution < 1.29 is 9.31 Å². The van der Waals surface area contributed by atoms with E-state index in [2.05, 4.69) is 15.9 Å². The number of allylic oxidation sites excluding steroid dienone is 2. The molecule has 0 aliphatic heterocycles. The number of hydrogen-bond donors (Lipinski definition) is 0. The SMILES string of the molecule is O=[N+]([O-])C1(F)C=CC(Br)=CC1. The molecule has 0 heterocycles. The van der Waals surface area contributed by atoms with E-state index in [1.54, 1.807) is 0 Å². The lowest BCUT2D eigenvalue weighted by Gasteiger charge is -2.13. The summed E-state index contributed by atoms with van der Waals surface area (Å²) in [5, 5.41) is 10.1. The van der Waals surface area contributed by atoms with Crippen molar-refractivity contribution in [3.05, 3.63) is 32.8 Å². The van der Waals surface area contributed by atoms with Gasteiger partial charge in [-0.05, 0) is 6.08 Å². The fourth-order valence-corrected chi connectivity index (χ4v) is 1.01. The number of halogens is 2. The van der Waals surface area contributed by atoms with Gasteiger partial charge in [0.05, 0.1) is 11.3 Å². The quantitative estimate of drug-likeness (QED) is 0.387. The van der Waals surface area contributed by atoms with E-state index in [1.165, 1.54) is 12.2 Å². The van der Waals surface area contributed by atoms with Crippen LogP contribution >= 0.6 is 15.9 Å². The van der Waals surface area contributed by atoms with Crippen LogP contribution in [0.5, 0.6) is 0 Å². The molecule has 1 unspecified atom stereocenters. The van der Waals surface area contributed by atoms with Crippen LogP contribution in [0.1, 0.15) is 6.42 Å². The van der Waals surface area contributed by atoms with Crippen LogP contribution in [0.2, 0.25) is 0 Å². The molecule has 0 radical (unpaired) electrons. The van der Waals surface area contributed by atoms with Crippen molar-refractivity contribution in [2.45, 2.75) is 12.2 Å². The summed E-state index contributed by atoms with van der Waals surface area (Å²) in [5.41, 5.74) is 0. The highest BCUT2D eigenvalue weighted by atomic mass is 79.9. The zero-order valence-electron chi connectivity index (χ0n) is 5.46. The van der Waals surface area contributed by atoms with Gasteiger partial charge >= 0.3 is 5.79 Å². The number of nitro groups is 1.